The Bertz CT molecular complexity index is 352. The Morgan fingerprint density at radius 2 is 1.76 bits per heavy atom. The fraction of sp³-hybridized carbons (Fsp3) is 0.600. The smallest absolute Gasteiger partial charge is 0.0322 e. The average molecular weight is 232 g/mol. The van der Waals surface area contributed by atoms with Crippen molar-refractivity contribution < 1.29 is 0 Å². The minimum Gasteiger partial charge on any atom is -0.399 e. The van der Waals surface area contributed by atoms with Crippen LogP contribution in [-0.4, -0.2) is 17.5 Å². The molecule has 1 fully saturated rings. The summed E-state index contributed by atoms with van der Waals surface area (Å²) in [6, 6.07) is 9.40. The summed E-state index contributed by atoms with van der Waals surface area (Å²) >= 11 is 0. The van der Waals surface area contributed by atoms with Crippen molar-refractivity contribution in [2.24, 2.45) is 5.92 Å². The fourth-order valence-corrected chi connectivity index (χ4v) is 2.38. The minimum atomic E-state index is 0.483. The Kier molecular flexibility index (Phi) is 3.72. The van der Waals surface area contributed by atoms with E-state index < -0.39 is 0 Å². The molecule has 2 N–H and O–H groups in total. The van der Waals surface area contributed by atoms with Gasteiger partial charge in [0.2, 0.25) is 0 Å². The van der Waals surface area contributed by atoms with E-state index in [-0.39, 0.29) is 0 Å². The lowest BCUT2D eigenvalue weighted by atomic mass is 10.0. The van der Waals surface area contributed by atoms with Crippen molar-refractivity contribution >= 4 is 5.69 Å². The van der Waals surface area contributed by atoms with Crippen LogP contribution >= 0.6 is 0 Å². The van der Waals surface area contributed by atoms with Crippen LogP contribution in [0.25, 0.3) is 0 Å². The lowest BCUT2D eigenvalue weighted by Crippen LogP contribution is -2.35. The number of hydrogen-bond acceptors (Lipinski definition) is 2. The number of nitrogen functional groups attached to an aromatic ring is 1. The largest absolute Gasteiger partial charge is 0.399 e. The molecule has 0 radical (unpaired) electrons. The van der Waals surface area contributed by atoms with Crippen molar-refractivity contribution in [2.45, 2.75) is 45.7 Å². The molecule has 2 rings (SSSR count). The van der Waals surface area contributed by atoms with Crippen LogP contribution in [0.3, 0.4) is 0 Å². The third-order valence-electron chi connectivity index (χ3n) is 3.75. The Hall–Kier alpha value is -1.02. The second-order valence-corrected chi connectivity index (χ2v) is 5.58. The standard InChI is InChI=1S/C15H24N2/c1-11(2)17(10-13-4-5-13)12(3)14-6-8-15(16)9-7-14/h6-9,11-13H,4-5,10,16H2,1-3H3. The zero-order valence-electron chi connectivity index (χ0n) is 11.2. The summed E-state index contributed by atoms with van der Waals surface area (Å²) in [5, 5.41) is 0. The molecular formula is C15H24N2. The molecule has 0 spiro atoms. The number of benzene rings is 1. The first-order valence-electron chi connectivity index (χ1n) is 6.69. The van der Waals surface area contributed by atoms with Gasteiger partial charge < -0.3 is 5.73 Å². The maximum Gasteiger partial charge on any atom is 0.0322 e. The Morgan fingerprint density at radius 1 is 1.18 bits per heavy atom. The highest BCUT2D eigenvalue weighted by Gasteiger charge is 2.28. The van der Waals surface area contributed by atoms with Crippen molar-refractivity contribution in [2.75, 3.05) is 12.3 Å². The summed E-state index contributed by atoms with van der Waals surface area (Å²) in [6.45, 7) is 8.11. The molecule has 0 amide bonds. The summed E-state index contributed by atoms with van der Waals surface area (Å²) in [7, 11) is 0. The fourth-order valence-electron chi connectivity index (χ4n) is 2.38. The highest BCUT2D eigenvalue weighted by atomic mass is 15.2. The molecule has 1 aromatic carbocycles. The summed E-state index contributed by atoms with van der Waals surface area (Å²) in [4.78, 5) is 2.60. The number of hydrogen-bond donors (Lipinski definition) is 1. The number of nitrogens with zero attached hydrogens (tertiary/aromatic N) is 1. The first kappa shape index (κ1) is 12.4. The van der Waals surface area contributed by atoms with Gasteiger partial charge in [-0.15, -0.1) is 0 Å². The predicted octanol–water partition coefficient (Wildman–Crippen LogP) is 3.45. The molecule has 0 aliphatic heterocycles. The summed E-state index contributed by atoms with van der Waals surface area (Å²) in [5.74, 6) is 0.939. The van der Waals surface area contributed by atoms with Crippen molar-refractivity contribution in [3.63, 3.8) is 0 Å². The van der Waals surface area contributed by atoms with E-state index in [9.17, 15) is 0 Å². The summed E-state index contributed by atoms with van der Waals surface area (Å²) in [5.41, 5.74) is 7.96. The third kappa shape index (κ3) is 3.22. The molecule has 0 saturated heterocycles. The summed E-state index contributed by atoms with van der Waals surface area (Å²) < 4.78 is 0. The van der Waals surface area contributed by atoms with E-state index in [2.05, 4.69) is 37.8 Å². The topological polar surface area (TPSA) is 29.3 Å². The van der Waals surface area contributed by atoms with Gasteiger partial charge in [0.15, 0.2) is 0 Å². The highest BCUT2D eigenvalue weighted by molar-refractivity contribution is 5.40. The van der Waals surface area contributed by atoms with Gasteiger partial charge in [-0.1, -0.05) is 12.1 Å². The van der Waals surface area contributed by atoms with Crippen LogP contribution in [-0.2, 0) is 0 Å². The zero-order chi connectivity index (χ0) is 12.4. The molecule has 1 aliphatic rings. The lowest BCUT2D eigenvalue weighted by molar-refractivity contribution is 0.157. The quantitative estimate of drug-likeness (QED) is 0.788. The molecule has 0 bridgehead atoms. The van der Waals surface area contributed by atoms with Crippen LogP contribution in [0.5, 0.6) is 0 Å². The predicted molar refractivity (Wildman–Crippen MR) is 73.8 cm³/mol. The SMILES string of the molecule is CC(C)N(CC1CC1)C(C)c1ccc(N)cc1. The first-order chi connectivity index (χ1) is 8.08. The van der Waals surface area contributed by atoms with Crippen LogP contribution < -0.4 is 5.73 Å². The van der Waals surface area contributed by atoms with Gasteiger partial charge in [0.1, 0.15) is 0 Å². The number of rotatable bonds is 5. The molecule has 17 heavy (non-hydrogen) atoms. The number of nitrogens with two attached hydrogens (primary N) is 1. The highest BCUT2D eigenvalue weighted by Crippen LogP contribution is 2.33. The maximum absolute atomic E-state index is 5.74. The normalized spacial score (nSPS) is 17.7. The average Bonchev–Trinajstić information content (AvgIpc) is 3.09. The van der Waals surface area contributed by atoms with Crippen LogP contribution in [0.1, 0.15) is 45.2 Å². The molecule has 1 atom stereocenters. The van der Waals surface area contributed by atoms with Gasteiger partial charge in [0.05, 0.1) is 0 Å². The van der Waals surface area contributed by atoms with Crippen molar-refractivity contribution in [3.05, 3.63) is 29.8 Å². The molecular weight excluding hydrogens is 208 g/mol. The lowest BCUT2D eigenvalue weighted by Gasteiger charge is -2.33. The Morgan fingerprint density at radius 3 is 2.24 bits per heavy atom. The van der Waals surface area contributed by atoms with Gasteiger partial charge in [0, 0.05) is 24.3 Å². The van der Waals surface area contributed by atoms with E-state index in [1.807, 2.05) is 12.1 Å². The zero-order valence-corrected chi connectivity index (χ0v) is 11.2. The molecule has 1 unspecified atom stereocenters. The van der Waals surface area contributed by atoms with Crippen molar-refractivity contribution in [1.29, 1.82) is 0 Å². The van der Waals surface area contributed by atoms with Gasteiger partial charge in [-0.25, -0.2) is 0 Å². The molecule has 0 aromatic heterocycles. The van der Waals surface area contributed by atoms with Crippen LogP contribution in [0, 0.1) is 5.92 Å². The Labute approximate surface area is 105 Å². The maximum atomic E-state index is 5.74. The minimum absolute atomic E-state index is 0.483. The molecule has 0 heterocycles. The van der Waals surface area contributed by atoms with E-state index in [1.54, 1.807) is 0 Å². The Balaban J connectivity index is 2.08. The van der Waals surface area contributed by atoms with Crippen LogP contribution in [0.15, 0.2) is 24.3 Å². The molecule has 2 heteroatoms. The summed E-state index contributed by atoms with van der Waals surface area (Å²) in [6.07, 6.45) is 2.83. The van der Waals surface area contributed by atoms with Gasteiger partial charge in [-0.05, 0) is 57.2 Å². The first-order valence-corrected chi connectivity index (χ1v) is 6.69. The van der Waals surface area contributed by atoms with E-state index in [4.69, 9.17) is 5.73 Å². The van der Waals surface area contributed by atoms with Crippen LogP contribution in [0.2, 0.25) is 0 Å². The van der Waals surface area contributed by atoms with E-state index >= 15 is 0 Å². The number of anilines is 1. The molecule has 1 aromatic rings. The second kappa shape index (κ2) is 5.09. The van der Waals surface area contributed by atoms with E-state index in [0.717, 1.165) is 11.6 Å². The molecule has 1 aliphatic carbocycles. The van der Waals surface area contributed by atoms with Crippen molar-refractivity contribution in [1.82, 2.24) is 4.90 Å². The van der Waals surface area contributed by atoms with Crippen LogP contribution in [0.4, 0.5) is 5.69 Å². The van der Waals surface area contributed by atoms with Gasteiger partial charge in [-0.2, -0.15) is 0 Å². The third-order valence-corrected chi connectivity index (χ3v) is 3.75. The van der Waals surface area contributed by atoms with E-state index in [1.165, 1.54) is 24.9 Å². The van der Waals surface area contributed by atoms with Gasteiger partial charge >= 0.3 is 0 Å². The second-order valence-electron chi connectivity index (χ2n) is 5.58. The molecule has 94 valence electrons. The van der Waals surface area contributed by atoms with Crippen molar-refractivity contribution in [3.8, 4) is 0 Å². The van der Waals surface area contributed by atoms with E-state index in [0.29, 0.717) is 12.1 Å². The monoisotopic (exact) mass is 232 g/mol. The molecule has 2 nitrogen and oxygen atoms in total. The van der Waals surface area contributed by atoms with Gasteiger partial charge in [0.25, 0.3) is 0 Å². The molecule has 1 saturated carbocycles. The van der Waals surface area contributed by atoms with Gasteiger partial charge in [-0.3, -0.25) is 4.90 Å².